The Morgan fingerprint density at radius 2 is 2.00 bits per heavy atom. The van der Waals surface area contributed by atoms with Gasteiger partial charge < -0.3 is 4.79 Å². The zero-order valence-electron chi connectivity index (χ0n) is 8.85. The Balaban J connectivity index is 3.04. The molecule has 1 atom stereocenters. The van der Waals surface area contributed by atoms with Crippen LogP contribution in [0, 0.1) is 10.1 Å². The zero-order valence-corrected chi connectivity index (χ0v) is 10.4. The summed E-state index contributed by atoms with van der Waals surface area (Å²) >= 11 is 3.30. The summed E-state index contributed by atoms with van der Waals surface area (Å²) in [6.07, 6.45) is 0.876. The van der Waals surface area contributed by atoms with Crippen LogP contribution < -0.4 is 0 Å². The Morgan fingerprint density at radius 1 is 1.44 bits per heavy atom. The maximum Gasteiger partial charge on any atom is 0.213 e. The summed E-state index contributed by atoms with van der Waals surface area (Å²) in [7, 11) is 0. The van der Waals surface area contributed by atoms with Crippen LogP contribution in [-0.2, 0) is 10.2 Å². The second-order valence-corrected chi connectivity index (χ2v) is 4.84. The van der Waals surface area contributed by atoms with Gasteiger partial charge in [-0.05, 0) is 24.6 Å². The summed E-state index contributed by atoms with van der Waals surface area (Å²) in [6, 6.07) is 7.24. The fourth-order valence-corrected chi connectivity index (χ4v) is 1.86. The normalized spacial score (nSPS) is 14.1. The van der Waals surface area contributed by atoms with E-state index in [1.54, 1.807) is 19.1 Å². The molecule has 16 heavy (non-hydrogen) atoms. The molecule has 0 fully saturated rings. The predicted molar refractivity (Wildman–Crippen MR) is 64.0 cm³/mol. The van der Waals surface area contributed by atoms with Crippen molar-refractivity contribution in [2.24, 2.45) is 0 Å². The van der Waals surface area contributed by atoms with Gasteiger partial charge in [-0.3, -0.25) is 10.1 Å². The van der Waals surface area contributed by atoms with Crippen LogP contribution in [0.3, 0.4) is 0 Å². The Kier molecular flexibility index (Phi) is 4.18. The van der Waals surface area contributed by atoms with Gasteiger partial charge in [0.2, 0.25) is 6.54 Å². The molecule has 0 aliphatic rings. The Morgan fingerprint density at radius 3 is 2.44 bits per heavy atom. The molecule has 0 spiro atoms. The molecule has 5 heteroatoms. The average molecular weight is 286 g/mol. The van der Waals surface area contributed by atoms with Crippen molar-refractivity contribution in [1.82, 2.24) is 0 Å². The molecular weight excluding hydrogens is 274 g/mol. The van der Waals surface area contributed by atoms with E-state index >= 15 is 0 Å². The van der Waals surface area contributed by atoms with Gasteiger partial charge in [0, 0.05) is 15.8 Å². The number of halogens is 1. The van der Waals surface area contributed by atoms with Gasteiger partial charge >= 0.3 is 0 Å². The molecule has 0 bridgehead atoms. The Bertz CT molecular complexity index is 391. The molecule has 0 saturated carbocycles. The summed E-state index contributed by atoms with van der Waals surface area (Å²) in [4.78, 5) is 20.8. The predicted octanol–water partition coefficient (Wildman–Crippen LogP) is 2.57. The lowest BCUT2D eigenvalue weighted by molar-refractivity contribution is -0.490. The molecule has 0 aromatic heterocycles. The molecule has 0 aliphatic carbocycles. The van der Waals surface area contributed by atoms with E-state index in [9.17, 15) is 14.9 Å². The van der Waals surface area contributed by atoms with Gasteiger partial charge in [-0.1, -0.05) is 28.1 Å². The van der Waals surface area contributed by atoms with Crippen LogP contribution in [0.2, 0.25) is 0 Å². The van der Waals surface area contributed by atoms with Gasteiger partial charge in [0.15, 0.2) is 0 Å². The van der Waals surface area contributed by atoms with Crippen LogP contribution in [0.1, 0.15) is 18.9 Å². The minimum absolute atomic E-state index is 0.148. The molecule has 4 nitrogen and oxygen atoms in total. The molecule has 0 heterocycles. The topological polar surface area (TPSA) is 60.2 Å². The maximum atomic E-state index is 10.6. The minimum Gasteiger partial charge on any atom is -0.303 e. The minimum atomic E-state index is -0.730. The van der Waals surface area contributed by atoms with E-state index in [1.807, 2.05) is 12.1 Å². The monoisotopic (exact) mass is 285 g/mol. The van der Waals surface area contributed by atoms with E-state index in [0.29, 0.717) is 0 Å². The van der Waals surface area contributed by atoms with E-state index in [0.717, 1.165) is 16.3 Å². The zero-order chi connectivity index (χ0) is 12.2. The molecule has 0 aliphatic heterocycles. The molecule has 0 unspecified atom stereocenters. The highest BCUT2D eigenvalue weighted by atomic mass is 79.9. The van der Waals surface area contributed by atoms with Crippen molar-refractivity contribution in [2.75, 3.05) is 6.54 Å². The number of rotatable bonds is 5. The van der Waals surface area contributed by atoms with E-state index in [1.165, 1.54) is 0 Å². The fraction of sp³-hybridized carbons (Fsp3) is 0.364. The van der Waals surface area contributed by atoms with Gasteiger partial charge in [-0.25, -0.2) is 0 Å². The van der Waals surface area contributed by atoms with Crippen LogP contribution in [0.4, 0.5) is 0 Å². The number of hydrogen-bond donors (Lipinski definition) is 0. The SMILES string of the molecule is C[C@@](CC=O)(C[N+](=O)[O-])c1ccc(Br)cc1. The summed E-state index contributed by atoms with van der Waals surface area (Å²) in [5.41, 5.74) is 0.0749. The van der Waals surface area contributed by atoms with Crippen LogP contribution in [0.25, 0.3) is 0 Å². The fourth-order valence-electron chi connectivity index (χ4n) is 1.59. The van der Waals surface area contributed by atoms with Crippen molar-refractivity contribution < 1.29 is 9.72 Å². The second kappa shape index (κ2) is 5.21. The smallest absolute Gasteiger partial charge is 0.213 e. The Hall–Kier alpha value is -1.23. The summed E-state index contributed by atoms with van der Waals surface area (Å²) in [5, 5.41) is 10.6. The molecule has 0 radical (unpaired) electrons. The van der Waals surface area contributed by atoms with Gasteiger partial charge in [-0.2, -0.15) is 0 Å². The van der Waals surface area contributed by atoms with Gasteiger partial charge in [0.1, 0.15) is 6.29 Å². The van der Waals surface area contributed by atoms with E-state index in [-0.39, 0.29) is 17.9 Å². The van der Waals surface area contributed by atoms with Crippen LogP contribution in [-0.4, -0.2) is 17.8 Å². The van der Waals surface area contributed by atoms with Gasteiger partial charge in [0.05, 0.1) is 5.41 Å². The summed E-state index contributed by atoms with van der Waals surface area (Å²) in [5.74, 6) is 0. The van der Waals surface area contributed by atoms with Gasteiger partial charge in [0.25, 0.3) is 0 Å². The molecule has 1 aromatic carbocycles. The van der Waals surface area contributed by atoms with Crippen LogP contribution in [0.15, 0.2) is 28.7 Å². The van der Waals surface area contributed by atoms with Crippen molar-refractivity contribution >= 4 is 22.2 Å². The van der Waals surface area contributed by atoms with Crippen molar-refractivity contribution in [3.63, 3.8) is 0 Å². The lowest BCUT2D eigenvalue weighted by atomic mass is 9.80. The molecule has 0 saturated heterocycles. The number of nitrogens with zero attached hydrogens (tertiary/aromatic N) is 1. The highest BCUT2D eigenvalue weighted by Gasteiger charge is 2.32. The third-order valence-electron chi connectivity index (χ3n) is 2.55. The summed E-state index contributed by atoms with van der Waals surface area (Å²) in [6.45, 7) is 1.49. The first-order valence-corrected chi connectivity index (χ1v) is 5.59. The number of benzene rings is 1. The van der Waals surface area contributed by atoms with Crippen molar-refractivity contribution in [1.29, 1.82) is 0 Å². The highest BCUT2D eigenvalue weighted by molar-refractivity contribution is 9.10. The van der Waals surface area contributed by atoms with E-state index < -0.39 is 5.41 Å². The van der Waals surface area contributed by atoms with E-state index in [2.05, 4.69) is 15.9 Å². The van der Waals surface area contributed by atoms with Gasteiger partial charge in [-0.15, -0.1) is 0 Å². The first-order chi connectivity index (χ1) is 7.48. The third-order valence-corrected chi connectivity index (χ3v) is 3.08. The maximum absolute atomic E-state index is 10.6. The number of aldehydes is 1. The van der Waals surface area contributed by atoms with Crippen molar-refractivity contribution in [3.05, 3.63) is 44.4 Å². The largest absolute Gasteiger partial charge is 0.303 e. The first-order valence-electron chi connectivity index (χ1n) is 4.79. The quantitative estimate of drug-likeness (QED) is 0.475. The number of carbonyl (C=O) groups excluding carboxylic acids is 1. The summed E-state index contributed by atoms with van der Waals surface area (Å²) < 4.78 is 0.908. The highest BCUT2D eigenvalue weighted by Crippen LogP contribution is 2.28. The van der Waals surface area contributed by atoms with Crippen molar-refractivity contribution in [2.45, 2.75) is 18.8 Å². The Labute approximate surface area is 102 Å². The number of carbonyl (C=O) groups is 1. The molecule has 0 amide bonds. The van der Waals surface area contributed by atoms with Crippen molar-refractivity contribution in [3.8, 4) is 0 Å². The molecule has 0 N–H and O–H groups in total. The molecular formula is C11H12BrNO3. The molecule has 1 aromatic rings. The molecule has 1 rings (SSSR count). The second-order valence-electron chi connectivity index (χ2n) is 3.93. The first kappa shape index (κ1) is 12.8. The van der Waals surface area contributed by atoms with E-state index in [4.69, 9.17) is 0 Å². The molecule has 86 valence electrons. The van der Waals surface area contributed by atoms with Crippen LogP contribution >= 0.6 is 15.9 Å². The standard InChI is InChI=1S/C11H12BrNO3/c1-11(6-7-14,8-13(15)16)9-2-4-10(12)5-3-9/h2-5,7H,6,8H2,1H3/t11-/m1/s1. The number of hydrogen-bond acceptors (Lipinski definition) is 3. The third kappa shape index (κ3) is 3.13. The average Bonchev–Trinajstić information content (AvgIpc) is 2.17. The number of nitro groups is 1. The van der Waals surface area contributed by atoms with Crippen LogP contribution in [0.5, 0.6) is 0 Å². The lowest BCUT2D eigenvalue weighted by Crippen LogP contribution is -2.31. The lowest BCUT2D eigenvalue weighted by Gasteiger charge is -2.23.